The van der Waals surface area contributed by atoms with Crippen LogP contribution in [0.15, 0.2) is 119 Å². The van der Waals surface area contributed by atoms with Gasteiger partial charge in [0, 0.05) is 91.1 Å². The van der Waals surface area contributed by atoms with Crippen molar-refractivity contribution >= 4 is 216 Å². The van der Waals surface area contributed by atoms with E-state index in [-0.39, 0.29) is 151 Å². The fraction of sp³-hybridized carbons (Fsp3) is 0.341. The van der Waals surface area contributed by atoms with E-state index in [9.17, 15) is 89.6 Å². The molecule has 768 valence electrons. The number of carbonyl (C=O) groups excluding carboxylic acids is 5. The van der Waals surface area contributed by atoms with Crippen LogP contribution in [0.4, 0.5) is 83.2 Å². The Morgan fingerprint density at radius 1 is 0.371 bits per heavy atom. The number of hydrogen-bond acceptors (Lipinski definition) is 29. The van der Waals surface area contributed by atoms with Gasteiger partial charge >= 0.3 is 0 Å². The second kappa shape index (κ2) is 53.0. The average Bonchev–Trinajstić information content (AvgIpc) is 1.76. The molecule has 39 nitrogen and oxygen atoms in total. The Kier molecular flexibility index (Phi) is 42.1. The van der Waals surface area contributed by atoms with Crippen molar-refractivity contribution in [2.24, 2.45) is 0 Å². The van der Waals surface area contributed by atoms with Crippen molar-refractivity contribution in [3.63, 3.8) is 0 Å². The van der Waals surface area contributed by atoms with Gasteiger partial charge in [0.25, 0.3) is 57.3 Å². The first-order valence-electron chi connectivity index (χ1n) is 43.6. The number of hydrogen-bond donors (Lipinski definition) is 19. The summed E-state index contributed by atoms with van der Waals surface area (Å²) in [4.78, 5) is 152. The summed E-state index contributed by atoms with van der Waals surface area (Å²) in [6.07, 6.45) is 1.15. The topological polar surface area (TPSA) is 544 Å². The zero-order valence-corrected chi connectivity index (χ0v) is 87.2. The number of carbonyl (C=O) groups is 5. The molecule has 5 amide bonds. The van der Waals surface area contributed by atoms with Gasteiger partial charge in [-0.3, -0.25) is 72.1 Å². The molecule has 0 spiro atoms. The Morgan fingerprint density at radius 2 is 0.636 bits per heavy atom. The van der Waals surface area contributed by atoms with Crippen molar-refractivity contribution in [1.82, 2.24) is 50.2 Å². The molecule has 5 aliphatic heterocycles. The first-order valence-corrected chi connectivity index (χ1v) is 49.5. The number of hydroxylamine groups is 5. The van der Waals surface area contributed by atoms with Gasteiger partial charge in [0.05, 0.1) is 131 Å². The standard InChI is InChI=1S/2C19H21FIN3O5.2C18H18ClFIN3O5.C17H16BrF2N3O4/c1-10-17(22-14-5-4-11(21)7-13(14)20)16(15-3-2-6-24(15)19(10)28)18(27)23-29-9-12(26)8-25;1-10-17(22-14-5-4-11(21)7-13(14)20)16(15-3-2-6-24(15)19(10)28)18(27)23-29-12(8-25)9-26;2*19-15-16(22-12-4-3-9(21)6-11(12)20)14(13-2-1-5-24(13)18(15)28)17(27)23-29-8-10(26)7-25;18-9-3-4-11(10(19)8-9)21-15-13(16(25)22-27-7-6-24)12-2-1-5-23(12)17(26)14(15)20/h2*4-5,7,12,22,25-26H,2-3,6,8-9H2,1H3,(H,23,27);2*3-4,6,10,22,25-26H,1-2,5,7-8H2,(H,23,27);3-4,8,21,24H,1-2,5-7H2,(H,22,25)/t12-;;2*10-;/m0.10./s1. The highest BCUT2D eigenvalue weighted by Gasteiger charge is 2.36. The van der Waals surface area contributed by atoms with Gasteiger partial charge < -0.3 is 95.4 Å². The number of rotatable bonds is 34. The van der Waals surface area contributed by atoms with Crippen LogP contribution in [0.2, 0.25) is 10.0 Å². The SMILES string of the molecule is Cc1c(Nc2ccc(I)cc2F)c(C(=O)NOC(CO)CO)c2n(c1=O)CCC2.Cc1c(Nc2ccc(I)cc2F)c(C(=O)NOC[C@@H](O)CO)c2n(c1=O)CCC2.O=C(NOCCO)c1c(Nc2ccc(Br)cc2F)c(F)c(=O)n2c1CCC2.O=C(NOC[C@@H](O)CO)c1c(Nc2ccc(I)cc2F)c(Cl)c(=O)n2c1CCC2.O=C(NOC[C@H](O)CO)c1c(Nc2ccc(I)cc2F)c(Cl)c(=O)n2c1CCC2. The molecule has 5 aliphatic rings. The van der Waals surface area contributed by atoms with Crippen LogP contribution in [0.5, 0.6) is 0 Å². The van der Waals surface area contributed by atoms with Gasteiger partial charge in [-0.05, 0) is 259 Å². The van der Waals surface area contributed by atoms with E-state index in [0.717, 1.165) is 0 Å². The van der Waals surface area contributed by atoms with E-state index >= 15 is 0 Å². The van der Waals surface area contributed by atoms with Gasteiger partial charge in [0.2, 0.25) is 5.82 Å². The number of amides is 5. The molecule has 0 unspecified atom stereocenters. The monoisotopic (exact) mass is 2550 g/mol. The van der Waals surface area contributed by atoms with E-state index in [1.54, 1.807) is 42.7 Å². The van der Waals surface area contributed by atoms with Gasteiger partial charge in [-0.25, -0.2) is 49.4 Å². The van der Waals surface area contributed by atoms with Crippen LogP contribution >= 0.6 is 129 Å². The molecule has 10 heterocycles. The normalized spacial score (nSPS) is 13.4. The van der Waals surface area contributed by atoms with Crippen molar-refractivity contribution < 1.29 is 120 Å². The highest BCUT2D eigenvalue weighted by Crippen LogP contribution is 2.39. The molecule has 10 aromatic rings. The fourth-order valence-electron chi connectivity index (χ4n) is 15.5. The van der Waals surface area contributed by atoms with Crippen molar-refractivity contribution in [2.45, 2.75) is 135 Å². The maximum absolute atomic E-state index is 14.8. The zero-order chi connectivity index (χ0) is 104. The number of pyridine rings is 5. The van der Waals surface area contributed by atoms with Crippen molar-refractivity contribution in [2.75, 3.05) is 92.7 Å². The van der Waals surface area contributed by atoms with E-state index in [1.165, 1.54) is 85.0 Å². The molecule has 3 atom stereocenters. The third kappa shape index (κ3) is 27.9. The Hall–Kier alpha value is -9.80. The number of aromatic nitrogens is 5. The van der Waals surface area contributed by atoms with E-state index in [2.05, 4.69) is 69.9 Å². The summed E-state index contributed by atoms with van der Waals surface area (Å²) < 4.78 is 96.7. The quantitative estimate of drug-likeness (QED) is 0.00772. The number of nitrogens with zero attached hydrogens (tertiary/aromatic N) is 5. The number of nitrogens with one attached hydrogen (secondary N) is 10. The third-order valence-corrected chi connectivity index (χ3v) is 26.1. The van der Waals surface area contributed by atoms with E-state index in [0.29, 0.717) is 138 Å². The summed E-state index contributed by atoms with van der Waals surface area (Å²) in [5, 5.41) is 94.8. The predicted octanol–water partition coefficient (Wildman–Crippen LogP) is 9.34. The van der Waals surface area contributed by atoms with Crippen LogP contribution in [0.3, 0.4) is 0 Å². The summed E-state index contributed by atoms with van der Waals surface area (Å²) >= 11 is 23.5. The minimum Gasteiger partial charge on any atom is -0.394 e. The summed E-state index contributed by atoms with van der Waals surface area (Å²) in [6, 6.07) is 22.1. The molecule has 0 aliphatic carbocycles. The third-order valence-electron chi connectivity index (χ3n) is 22.3. The minimum absolute atomic E-state index is 0.0197. The zero-order valence-electron chi connectivity index (χ0n) is 75.4. The van der Waals surface area contributed by atoms with Gasteiger partial charge in [-0.2, -0.15) is 4.39 Å². The molecule has 19 N–H and O–H groups in total. The Morgan fingerprint density at radius 3 is 0.937 bits per heavy atom. The van der Waals surface area contributed by atoms with Crippen LogP contribution in [0.1, 0.15) is 123 Å². The lowest BCUT2D eigenvalue weighted by Crippen LogP contribution is -2.36. The van der Waals surface area contributed by atoms with Crippen molar-refractivity contribution in [1.29, 1.82) is 0 Å². The molecule has 0 saturated heterocycles. The summed E-state index contributed by atoms with van der Waals surface area (Å²) in [7, 11) is 0. The van der Waals surface area contributed by atoms with Gasteiger partial charge in [0.1, 0.15) is 83.4 Å². The number of aliphatic hydroxyl groups excluding tert-OH is 9. The lowest BCUT2D eigenvalue weighted by molar-refractivity contribution is -0.0619. The molecule has 5 aromatic heterocycles. The minimum atomic E-state index is -1.18. The second-order valence-electron chi connectivity index (χ2n) is 32.0. The number of halogens is 13. The number of fused-ring (bicyclic) bond motifs is 5. The maximum Gasteiger partial charge on any atom is 0.289 e. The molecular weight excluding hydrogens is 2460 g/mol. The summed E-state index contributed by atoms with van der Waals surface area (Å²) in [5.41, 5.74) is 12.1. The van der Waals surface area contributed by atoms with Crippen molar-refractivity contribution in [3.05, 3.63) is 274 Å². The van der Waals surface area contributed by atoms with Gasteiger partial charge in [-0.15, -0.1) is 0 Å². The van der Waals surface area contributed by atoms with Gasteiger partial charge in [0.15, 0.2) is 0 Å². The van der Waals surface area contributed by atoms with E-state index < -0.39 is 144 Å². The van der Waals surface area contributed by atoms with Crippen LogP contribution < -0.4 is 81.8 Å². The maximum atomic E-state index is 14.8. The van der Waals surface area contributed by atoms with Crippen LogP contribution in [-0.4, -0.2) is 189 Å². The number of anilines is 10. The smallest absolute Gasteiger partial charge is 0.289 e. The first-order chi connectivity index (χ1) is 68.3. The Labute approximate surface area is 880 Å². The number of aliphatic hydroxyl groups is 9. The Bertz CT molecular complexity index is 6400. The molecule has 0 bridgehead atoms. The van der Waals surface area contributed by atoms with Crippen LogP contribution in [0.25, 0.3) is 0 Å². The lowest BCUT2D eigenvalue weighted by atomic mass is 10.0. The lowest BCUT2D eigenvalue weighted by Gasteiger charge is -2.20. The van der Waals surface area contributed by atoms with E-state index in [4.69, 9.17) is 78.0 Å². The molecule has 15 rings (SSSR count). The summed E-state index contributed by atoms with van der Waals surface area (Å²) in [6.45, 7) is 1.26. The highest BCUT2D eigenvalue weighted by molar-refractivity contribution is 14.1. The number of benzene rings is 5. The molecular formula is C91H94BrCl2F6I4N15O24. The second-order valence-corrected chi connectivity index (χ2v) is 38.7. The van der Waals surface area contributed by atoms with Crippen LogP contribution in [0, 0.1) is 63.0 Å². The first kappa shape index (κ1) is 114. The molecule has 0 saturated carbocycles. The molecule has 0 radical (unpaired) electrons. The van der Waals surface area contributed by atoms with E-state index in [1.807, 2.05) is 90.4 Å². The fourth-order valence-corrected chi connectivity index (χ4v) is 18.1. The average molecular weight is 2550 g/mol. The molecule has 0 fully saturated rings. The Balaban J connectivity index is 0.000000171. The van der Waals surface area contributed by atoms with Crippen LogP contribution in [-0.2, 0) is 89.0 Å². The molecule has 143 heavy (non-hydrogen) atoms. The van der Waals surface area contributed by atoms with Gasteiger partial charge in [-0.1, -0.05) is 39.1 Å². The van der Waals surface area contributed by atoms with Crippen molar-refractivity contribution in [3.8, 4) is 0 Å². The molecule has 52 heteroatoms. The largest absolute Gasteiger partial charge is 0.394 e. The highest BCUT2D eigenvalue weighted by atomic mass is 127. The summed E-state index contributed by atoms with van der Waals surface area (Å²) in [5.74, 6) is -7.53. The molecule has 5 aromatic carbocycles. The predicted molar refractivity (Wildman–Crippen MR) is 548 cm³/mol.